The van der Waals surface area contributed by atoms with Crippen molar-refractivity contribution >= 4 is 17.7 Å². The number of urea groups is 1. The Morgan fingerprint density at radius 2 is 2.18 bits per heavy atom. The Hall–Kier alpha value is -2.24. The molecule has 1 atom stereocenters. The Labute approximate surface area is 97.8 Å². The maximum Gasteiger partial charge on any atom is 0.346 e. The fourth-order valence-electron chi connectivity index (χ4n) is 1.69. The van der Waals surface area contributed by atoms with Crippen LogP contribution in [0.25, 0.3) is 0 Å². The van der Waals surface area contributed by atoms with E-state index in [1.54, 1.807) is 24.3 Å². The third kappa shape index (κ3) is 2.01. The van der Waals surface area contributed by atoms with Crippen LogP contribution >= 0.6 is 0 Å². The highest BCUT2D eigenvalue weighted by molar-refractivity contribution is 5.95. The van der Waals surface area contributed by atoms with Crippen molar-refractivity contribution < 1.29 is 19.4 Å². The van der Waals surface area contributed by atoms with E-state index in [4.69, 9.17) is 9.84 Å². The van der Waals surface area contributed by atoms with Crippen molar-refractivity contribution in [1.82, 2.24) is 5.32 Å². The molecule has 1 heterocycles. The number of aliphatic carboxylic acids is 1. The van der Waals surface area contributed by atoms with E-state index in [2.05, 4.69) is 5.32 Å². The number of nitrogens with zero attached hydrogens (tertiary/aromatic N) is 1. The molecule has 1 aromatic rings. The molecule has 2 amide bonds. The molecule has 6 heteroatoms. The molecule has 0 fully saturated rings. The van der Waals surface area contributed by atoms with E-state index in [1.165, 1.54) is 11.9 Å². The van der Waals surface area contributed by atoms with Crippen LogP contribution in [0.2, 0.25) is 0 Å². The number of nitrogens with one attached hydrogen (secondary N) is 1. The molecule has 0 saturated heterocycles. The molecule has 0 saturated carbocycles. The zero-order chi connectivity index (χ0) is 12.4. The summed E-state index contributed by atoms with van der Waals surface area (Å²) in [6.07, 6.45) is -1.04. The van der Waals surface area contributed by atoms with Crippen LogP contribution in [-0.4, -0.2) is 36.8 Å². The smallest absolute Gasteiger partial charge is 0.346 e. The van der Waals surface area contributed by atoms with Gasteiger partial charge in [-0.1, -0.05) is 12.1 Å². The quantitative estimate of drug-likeness (QED) is 0.751. The van der Waals surface area contributed by atoms with Gasteiger partial charge < -0.3 is 15.2 Å². The predicted molar refractivity (Wildman–Crippen MR) is 60.3 cm³/mol. The summed E-state index contributed by atoms with van der Waals surface area (Å²) in [5.74, 6) is -0.692. The molecule has 0 aliphatic carbocycles. The van der Waals surface area contributed by atoms with Gasteiger partial charge in [0.25, 0.3) is 0 Å². The van der Waals surface area contributed by atoms with E-state index in [0.717, 1.165) is 0 Å². The zero-order valence-corrected chi connectivity index (χ0v) is 9.21. The monoisotopic (exact) mass is 236 g/mol. The van der Waals surface area contributed by atoms with Gasteiger partial charge in [-0.05, 0) is 12.1 Å². The molecule has 0 bridgehead atoms. The summed E-state index contributed by atoms with van der Waals surface area (Å²) >= 11 is 0. The lowest BCUT2D eigenvalue weighted by atomic mass is 10.2. The Balaban J connectivity index is 2.39. The second-order valence-corrected chi connectivity index (χ2v) is 3.58. The van der Waals surface area contributed by atoms with E-state index < -0.39 is 12.1 Å². The number of hydrogen-bond acceptors (Lipinski definition) is 3. The van der Waals surface area contributed by atoms with Crippen molar-refractivity contribution in [3.8, 4) is 5.75 Å². The van der Waals surface area contributed by atoms with Crippen molar-refractivity contribution in [2.75, 3.05) is 18.5 Å². The number of rotatable bonds is 1. The lowest BCUT2D eigenvalue weighted by molar-refractivity contribution is -0.144. The Bertz CT molecular complexity index is 461. The highest BCUT2D eigenvalue weighted by atomic mass is 16.5. The largest absolute Gasteiger partial charge is 0.478 e. The second kappa shape index (κ2) is 4.32. The average molecular weight is 236 g/mol. The topological polar surface area (TPSA) is 78.9 Å². The van der Waals surface area contributed by atoms with E-state index in [0.29, 0.717) is 11.4 Å². The molecule has 17 heavy (non-hydrogen) atoms. The molecular weight excluding hydrogens is 224 g/mol. The first-order valence-electron chi connectivity index (χ1n) is 5.11. The van der Waals surface area contributed by atoms with Crippen molar-refractivity contribution in [3.63, 3.8) is 0 Å². The summed E-state index contributed by atoms with van der Waals surface area (Å²) in [6.45, 7) is -0.00792. The lowest BCUT2D eigenvalue weighted by Gasteiger charge is -2.32. The SMILES string of the molecule is CNC(=O)N1CC(C(=O)O)Oc2ccccc21. The molecule has 1 unspecified atom stereocenters. The molecule has 0 radical (unpaired) electrons. The van der Waals surface area contributed by atoms with Gasteiger partial charge in [0.2, 0.25) is 6.10 Å². The van der Waals surface area contributed by atoms with Crippen LogP contribution in [0.3, 0.4) is 0 Å². The summed E-state index contributed by atoms with van der Waals surface area (Å²) in [4.78, 5) is 24.0. The molecule has 6 nitrogen and oxygen atoms in total. The van der Waals surface area contributed by atoms with Crippen LogP contribution in [0.1, 0.15) is 0 Å². The molecule has 1 aliphatic heterocycles. The minimum Gasteiger partial charge on any atom is -0.478 e. The number of hydrogen-bond donors (Lipinski definition) is 2. The normalized spacial score (nSPS) is 17.9. The van der Waals surface area contributed by atoms with Crippen LogP contribution in [0.4, 0.5) is 10.5 Å². The van der Waals surface area contributed by atoms with Crippen molar-refractivity contribution in [2.45, 2.75) is 6.10 Å². The third-order valence-electron chi connectivity index (χ3n) is 2.51. The van der Waals surface area contributed by atoms with E-state index >= 15 is 0 Å². The number of fused-ring (bicyclic) bond motifs is 1. The molecule has 2 N–H and O–H groups in total. The van der Waals surface area contributed by atoms with Gasteiger partial charge in [-0.15, -0.1) is 0 Å². The molecule has 1 aromatic carbocycles. The second-order valence-electron chi connectivity index (χ2n) is 3.58. The number of para-hydroxylation sites is 2. The van der Waals surface area contributed by atoms with Crippen LogP contribution < -0.4 is 15.0 Å². The standard InChI is InChI=1S/C11H12N2O4/c1-12-11(16)13-6-9(10(14)15)17-8-5-3-2-4-7(8)13/h2-5,9H,6H2,1H3,(H,12,16)(H,14,15). The molecule has 0 aromatic heterocycles. The summed E-state index contributed by atoms with van der Waals surface area (Å²) in [7, 11) is 1.50. The molecule has 0 spiro atoms. The molecular formula is C11H12N2O4. The van der Waals surface area contributed by atoms with Gasteiger partial charge >= 0.3 is 12.0 Å². The number of carboxylic acid groups (broad SMARTS) is 1. The third-order valence-corrected chi connectivity index (χ3v) is 2.51. The Morgan fingerprint density at radius 3 is 2.82 bits per heavy atom. The highest BCUT2D eigenvalue weighted by Crippen LogP contribution is 2.32. The van der Waals surface area contributed by atoms with Gasteiger partial charge in [0.1, 0.15) is 5.75 Å². The first-order valence-corrected chi connectivity index (χ1v) is 5.11. The molecule has 1 aliphatic rings. The van der Waals surface area contributed by atoms with Crippen molar-refractivity contribution in [3.05, 3.63) is 24.3 Å². The average Bonchev–Trinajstić information content (AvgIpc) is 2.36. The predicted octanol–water partition coefficient (Wildman–Crippen LogP) is 0.678. The number of amides is 2. The summed E-state index contributed by atoms with van der Waals surface area (Å²) in [5, 5.41) is 11.4. The highest BCUT2D eigenvalue weighted by Gasteiger charge is 2.33. The maximum atomic E-state index is 11.7. The van der Waals surface area contributed by atoms with Crippen LogP contribution in [0.5, 0.6) is 5.75 Å². The van der Waals surface area contributed by atoms with Gasteiger partial charge in [-0.25, -0.2) is 9.59 Å². The minimum absolute atomic E-state index is 0.00792. The maximum absolute atomic E-state index is 11.7. The molecule has 2 rings (SSSR count). The van der Waals surface area contributed by atoms with Crippen LogP contribution in [-0.2, 0) is 4.79 Å². The van der Waals surface area contributed by atoms with E-state index in [1.807, 2.05) is 0 Å². The Kier molecular flexibility index (Phi) is 2.86. The summed E-state index contributed by atoms with van der Waals surface area (Å²) in [6, 6.07) is 6.49. The Morgan fingerprint density at radius 1 is 1.47 bits per heavy atom. The van der Waals surface area contributed by atoms with Crippen LogP contribution in [0, 0.1) is 0 Å². The fraction of sp³-hybridized carbons (Fsp3) is 0.273. The van der Waals surface area contributed by atoms with Crippen molar-refractivity contribution in [2.24, 2.45) is 0 Å². The zero-order valence-electron chi connectivity index (χ0n) is 9.21. The summed E-state index contributed by atoms with van der Waals surface area (Å²) in [5.41, 5.74) is 0.573. The van der Waals surface area contributed by atoms with Gasteiger partial charge in [0.05, 0.1) is 12.2 Å². The molecule has 90 valence electrons. The first-order chi connectivity index (χ1) is 8.13. The number of carbonyl (C=O) groups excluding carboxylic acids is 1. The van der Waals surface area contributed by atoms with Gasteiger partial charge in [0.15, 0.2) is 0 Å². The number of benzene rings is 1. The number of carbonyl (C=O) groups is 2. The fourth-order valence-corrected chi connectivity index (χ4v) is 1.69. The van der Waals surface area contributed by atoms with E-state index in [-0.39, 0.29) is 12.6 Å². The minimum atomic E-state index is -1.09. The number of ether oxygens (including phenoxy) is 1. The first kappa shape index (κ1) is 11.3. The van der Waals surface area contributed by atoms with Gasteiger partial charge in [-0.2, -0.15) is 0 Å². The van der Waals surface area contributed by atoms with Crippen LogP contribution in [0.15, 0.2) is 24.3 Å². The van der Waals surface area contributed by atoms with Gasteiger partial charge in [0, 0.05) is 7.05 Å². The lowest BCUT2D eigenvalue weighted by Crippen LogP contribution is -2.49. The number of anilines is 1. The summed E-state index contributed by atoms with van der Waals surface area (Å²) < 4.78 is 5.30. The van der Waals surface area contributed by atoms with Gasteiger partial charge in [-0.3, -0.25) is 4.90 Å². The number of carboxylic acids is 1. The van der Waals surface area contributed by atoms with E-state index in [9.17, 15) is 9.59 Å². The van der Waals surface area contributed by atoms with Crippen molar-refractivity contribution in [1.29, 1.82) is 0 Å².